The van der Waals surface area contributed by atoms with Gasteiger partial charge in [0.15, 0.2) is 0 Å². The third-order valence-electron chi connectivity index (χ3n) is 4.96. The van der Waals surface area contributed by atoms with Crippen molar-refractivity contribution < 1.29 is 9.53 Å². The molecule has 1 aromatic carbocycles. The Kier molecular flexibility index (Phi) is 5.55. The molecule has 0 spiro atoms. The van der Waals surface area contributed by atoms with E-state index in [-0.39, 0.29) is 5.91 Å². The molecule has 4 nitrogen and oxygen atoms in total. The number of fused-ring (bicyclic) bond motifs is 1. The Morgan fingerprint density at radius 2 is 1.96 bits per heavy atom. The minimum Gasteiger partial charge on any atom is -0.494 e. The summed E-state index contributed by atoms with van der Waals surface area (Å²) >= 11 is 0. The van der Waals surface area contributed by atoms with Gasteiger partial charge in [0.2, 0.25) is 0 Å². The molecule has 4 heteroatoms. The molecule has 2 heterocycles. The second kappa shape index (κ2) is 7.82. The molecule has 0 saturated carbocycles. The van der Waals surface area contributed by atoms with Gasteiger partial charge in [-0.05, 0) is 69.5 Å². The maximum Gasteiger partial charge on any atom is 0.254 e. The van der Waals surface area contributed by atoms with Gasteiger partial charge in [-0.1, -0.05) is 6.42 Å². The van der Waals surface area contributed by atoms with Crippen molar-refractivity contribution in [3.05, 3.63) is 29.3 Å². The fourth-order valence-corrected chi connectivity index (χ4v) is 3.57. The van der Waals surface area contributed by atoms with Gasteiger partial charge in [-0.15, -0.1) is 0 Å². The highest BCUT2D eigenvalue weighted by atomic mass is 16.5. The monoisotopic (exact) mass is 316 g/mol. The minimum atomic E-state index is 0.158. The summed E-state index contributed by atoms with van der Waals surface area (Å²) in [7, 11) is 0. The molecular weight excluding hydrogens is 288 g/mol. The van der Waals surface area contributed by atoms with Crippen LogP contribution in [0.2, 0.25) is 0 Å². The molecule has 0 aliphatic carbocycles. The Balaban J connectivity index is 1.49. The van der Waals surface area contributed by atoms with Gasteiger partial charge in [-0.2, -0.15) is 0 Å². The van der Waals surface area contributed by atoms with E-state index in [0.29, 0.717) is 0 Å². The van der Waals surface area contributed by atoms with Gasteiger partial charge >= 0.3 is 0 Å². The molecule has 126 valence electrons. The van der Waals surface area contributed by atoms with Crippen molar-refractivity contribution in [2.24, 2.45) is 0 Å². The van der Waals surface area contributed by atoms with Crippen LogP contribution in [-0.4, -0.2) is 55.0 Å². The number of amides is 1. The standard InChI is InChI=1S/C19H28N2O2/c1-2-21-13-9-16-15-17(7-8-18(16)19(21)22)23-14-6-12-20-10-4-3-5-11-20/h7-8,15H,2-6,9-14H2,1H3. The minimum absolute atomic E-state index is 0.158. The van der Waals surface area contributed by atoms with E-state index in [2.05, 4.69) is 11.0 Å². The van der Waals surface area contributed by atoms with Crippen LogP contribution in [0.1, 0.15) is 48.5 Å². The lowest BCUT2D eigenvalue weighted by Gasteiger charge is -2.28. The van der Waals surface area contributed by atoms with Crippen LogP contribution in [-0.2, 0) is 6.42 Å². The predicted molar refractivity (Wildman–Crippen MR) is 92.1 cm³/mol. The van der Waals surface area contributed by atoms with E-state index >= 15 is 0 Å². The number of piperidine rings is 1. The molecule has 0 unspecified atom stereocenters. The lowest BCUT2D eigenvalue weighted by molar-refractivity contribution is 0.0749. The van der Waals surface area contributed by atoms with Crippen molar-refractivity contribution >= 4 is 5.91 Å². The average Bonchev–Trinajstić information content (AvgIpc) is 2.60. The number of ether oxygens (including phenoxy) is 1. The van der Waals surface area contributed by atoms with Crippen LogP contribution in [0.5, 0.6) is 5.75 Å². The Labute approximate surface area is 139 Å². The van der Waals surface area contributed by atoms with Gasteiger partial charge in [0.05, 0.1) is 6.61 Å². The number of carbonyl (C=O) groups excluding carboxylic acids is 1. The number of hydrogen-bond donors (Lipinski definition) is 0. The zero-order valence-electron chi connectivity index (χ0n) is 14.2. The number of likely N-dealkylation sites (N-methyl/N-ethyl adjacent to an activating group) is 1. The molecule has 1 amide bonds. The number of benzene rings is 1. The highest BCUT2D eigenvalue weighted by Gasteiger charge is 2.23. The van der Waals surface area contributed by atoms with Crippen LogP contribution in [0.3, 0.4) is 0 Å². The van der Waals surface area contributed by atoms with Gasteiger partial charge in [-0.25, -0.2) is 0 Å². The predicted octanol–water partition coefficient (Wildman–Crippen LogP) is 2.96. The molecule has 1 aromatic rings. The highest BCUT2D eigenvalue weighted by Crippen LogP contribution is 2.24. The van der Waals surface area contributed by atoms with Crippen LogP contribution in [0.25, 0.3) is 0 Å². The quantitative estimate of drug-likeness (QED) is 0.757. The van der Waals surface area contributed by atoms with E-state index in [4.69, 9.17) is 4.74 Å². The molecule has 23 heavy (non-hydrogen) atoms. The lowest BCUT2D eigenvalue weighted by atomic mass is 9.99. The van der Waals surface area contributed by atoms with E-state index in [1.54, 1.807) is 0 Å². The maximum atomic E-state index is 12.3. The van der Waals surface area contributed by atoms with Crippen LogP contribution in [0.15, 0.2) is 18.2 Å². The second-order valence-electron chi connectivity index (χ2n) is 6.56. The Morgan fingerprint density at radius 3 is 2.74 bits per heavy atom. The molecule has 0 aromatic heterocycles. The first-order chi connectivity index (χ1) is 11.3. The fourth-order valence-electron chi connectivity index (χ4n) is 3.57. The topological polar surface area (TPSA) is 32.8 Å². The molecule has 2 aliphatic heterocycles. The largest absolute Gasteiger partial charge is 0.494 e. The number of nitrogens with zero attached hydrogens (tertiary/aromatic N) is 2. The smallest absolute Gasteiger partial charge is 0.254 e. The summed E-state index contributed by atoms with van der Waals surface area (Å²) in [4.78, 5) is 16.7. The fraction of sp³-hybridized carbons (Fsp3) is 0.632. The van der Waals surface area contributed by atoms with Gasteiger partial charge in [0.25, 0.3) is 5.91 Å². The molecule has 0 atom stereocenters. The van der Waals surface area contributed by atoms with Crippen LogP contribution in [0.4, 0.5) is 0 Å². The number of carbonyl (C=O) groups is 1. The van der Waals surface area contributed by atoms with Crippen LogP contribution in [0, 0.1) is 0 Å². The van der Waals surface area contributed by atoms with Crippen molar-refractivity contribution in [2.75, 3.05) is 39.3 Å². The van der Waals surface area contributed by atoms with E-state index in [1.165, 1.54) is 32.4 Å². The van der Waals surface area contributed by atoms with Crippen molar-refractivity contribution in [1.82, 2.24) is 9.80 Å². The molecule has 2 aliphatic rings. The summed E-state index contributed by atoms with van der Waals surface area (Å²) < 4.78 is 5.90. The Hall–Kier alpha value is -1.55. The summed E-state index contributed by atoms with van der Waals surface area (Å²) in [5.41, 5.74) is 1.98. The molecule has 1 fully saturated rings. The van der Waals surface area contributed by atoms with Crippen LogP contribution >= 0.6 is 0 Å². The first kappa shape index (κ1) is 16.3. The summed E-state index contributed by atoms with van der Waals surface area (Å²) in [6.07, 6.45) is 6.07. The van der Waals surface area contributed by atoms with Crippen LogP contribution < -0.4 is 4.74 Å². The number of likely N-dealkylation sites (tertiary alicyclic amines) is 1. The van der Waals surface area contributed by atoms with Gasteiger partial charge < -0.3 is 14.5 Å². The highest BCUT2D eigenvalue weighted by molar-refractivity contribution is 5.96. The Morgan fingerprint density at radius 1 is 1.13 bits per heavy atom. The zero-order chi connectivity index (χ0) is 16.1. The maximum absolute atomic E-state index is 12.3. The van der Waals surface area contributed by atoms with E-state index in [0.717, 1.165) is 56.0 Å². The Bertz CT molecular complexity index is 538. The number of rotatable bonds is 6. The van der Waals surface area contributed by atoms with E-state index in [1.807, 2.05) is 24.0 Å². The van der Waals surface area contributed by atoms with Crippen molar-refractivity contribution in [1.29, 1.82) is 0 Å². The molecule has 0 N–H and O–H groups in total. The molecular formula is C19H28N2O2. The van der Waals surface area contributed by atoms with Gasteiger partial charge in [0, 0.05) is 25.2 Å². The first-order valence-electron chi connectivity index (χ1n) is 9.05. The average molecular weight is 316 g/mol. The summed E-state index contributed by atoms with van der Waals surface area (Å²) in [5, 5.41) is 0. The molecule has 3 rings (SSSR count). The molecule has 0 radical (unpaired) electrons. The SMILES string of the molecule is CCN1CCc2cc(OCCCN3CCCCC3)ccc2C1=O. The lowest BCUT2D eigenvalue weighted by Crippen LogP contribution is -2.37. The van der Waals surface area contributed by atoms with Crippen molar-refractivity contribution in [3.8, 4) is 5.75 Å². The second-order valence-corrected chi connectivity index (χ2v) is 6.56. The van der Waals surface area contributed by atoms with E-state index in [9.17, 15) is 4.79 Å². The van der Waals surface area contributed by atoms with Crippen molar-refractivity contribution in [2.45, 2.75) is 39.0 Å². The number of hydrogen-bond acceptors (Lipinski definition) is 3. The summed E-state index contributed by atoms with van der Waals surface area (Å²) in [6.45, 7) is 8.01. The summed E-state index contributed by atoms with van der Waals surface area (Å²) in [5.74, 6) is 1.06. The van der Waals surface area contributed by atoms with Crippen molar-refractivity contribution in [3.63, 3.8) is 0 Å². The molecule has 0 bridgehead atoms. The third kappa shape index (κ3) is 4.05. The first-order valence-corrected chi connectivity index (χ1v) is 9.05. The molecule has 1 saturated heterocycles. The van der Waals surface area contributed by atoms with E-state index < -0.39 is 0 Å². The zero-order valence-corrected chi connectivity index (χ0v) is 14.2. The summed E-state index contributed by atoms with van der Waals surface area (Å²) in [6, 6.07) is 5.93. The third-order valence-corrected chi connectivity index (χ3v) is 4.96. The normalized spacial score (nSPS) is 18.8. The van der Waals surface area contributed by atoms with Gasteiger partial charge in [0.1, 0.15) is 5.75 Å². The van der Waals surface area contributed by atoms with Gasteiger partial charge in [-0.3, -0.25) is 4.79 Å².